The zero-order chi connectivity index (χ0) is 19.3. The molecule has 0 aliphatic heterocycles. The van der Waals surface area contributed by atoms with E-state index in [1.165, 1.54) is 18.2 Å². The van der Waals surface area contributed by atoms with Crippen LogP contribution in [0, 0.1) is 5.82 Å². The molecule has 138 valence electrons. The monoisotopic (exact) mass is 362 g/mol. The lowest BCUT2D eigenvalue weighted by Gasteiger charge is -2.13. The fraction of sp³-hybridized carbons (Fsp3) is 0.316. The number of Topliss-reactive ketones (excluding diaryl/α,β-unsaturated/α-hetero) is 2. The fourth-order valence-corrected chi connectivity index (χ4v) is 2.27. The smallest absolute Gasteiger partial charge is 0.374 e. The molecule has 0 atom stereocenters. The van der Waals surface area contributed by atoms with E-state index in [-0.39, 0.29) is 18.3 Å². The van der Waals surface area contributed by atoms with Crippen molar-refractivity contribution in [2.75, 3.05) is 7.11 Å². The standard InChI is InChI=1S/C19H19FO6/c1-11(2)25-18-9-13(20)5-4-12(18)8-14-6-7-17(26-14)15(21)10-16(22)19(23)24-3/h4-7,9,11H,8,10H2,1-3H3. The summed E-state index contributed by atoms with van der Waals surface area (Å²) < 4.78 is 28.8. The van der Waals surface area contributed by atoms with Crippen LogP contribution in [-0.2, 0) is 20.7 Å². The predicted octanol–water partition coefficient (Wildman–Crippen LogP) is 3.11. The highest BCUT2D eigenvalue weighted by atomic mass is 19.1. The Bertz CT molecular complexity index is 821. The van der Waals surface area contributed by atoms with Gasteiger partial charge in [-0.05, 0) is 32.0 Å². The SMILES string of the molecule is COC(=O)C(=O)CC(=O)c1ccc(Cc2ccc(F)cc2OC(C)C)o1. The lowest BCUT2D eigenvalue weighted by molar-refractivity contribution is -0.151. The van der Waals surface area contributed by atoms with Crippen LogP contribution in [0.15, 0.2) is 34.7 Å². The van der Waals surface area contributed by atoms with Crippen molar-refractivity contribution in [2.24, 2.45) is 0 Å². The summed E-state index contributed by atoms with van der Waals surface area (Å²) in [6.07, 6.45) is -0.480. The van der Waals surface area contributed by atoms with Gasteiger partial charge in [0.1, 0.15) is 17.3 Å². The fourth-order valence-electron chi connectivity index (χ4n) is 2.27. The summed E-state index contributed by atoms with van der Waals surface area (Å²) in [4.78, 5) is 34.5. The molecule has 7 heteroatoms. The van der Waals surface area contributed by atoms with Gasteiger partial charge in [0.2, 0.25) is 11.6 Å². The number of esters is 1. The van der Waals surface area contributed by atoms with Gasteiger partial charge < -0.3 is 13.9 Å². The van der Waals surface area contributed by atoms with Crippen LogP contribution in [0.3, 0.4) is 0 Å². The molecule has 0 spiro atoms. The number of ketones is 2. The third-order valence-corrected chi connectivity index (χ3v) is 3.43. The van der Waals surface area contributed by atoms with Crippen molar-refractivity contribution in [2.45, 2.75) is 32.8 Å². The maximum atomic E-state index is 13.4. The third-order valence-electron chi connectivity index (χ3n) is 3.43. The molecule has 2 rings (SSSR count). The number of hydrogen-bond acceptors (Lipinski definition) is 6. The lowest BCUT2D eigenvalue weighted by atomic mass is 10.1. The van der Waals surface area contributed by atoms with Gasteiger partial charge in [-0.15, -0.1) is 0 Å². The topological polar surface area (TPSA) is 82.8 Å². The second-order valence-electron chi connectivity index (χ2n) is 5.88. The zero-order valence-corrected chi connectivity index (χ0v) is 14.7. The number of halogens is 1. The quantitative estimate of drug-likeness (QED) is 0.311. The number of methoxy groups -OCH3 is 1. The molecule has 0 N–H and O–H groups in total. The number of carbonyl (C=O) groups excluding carboxylic acids is 3. The molecule has 1 heterocycles. The van der Waals surface area contributed by atoms with E-state index in [9.17, 15) is 18.8 Å². The van der Waals surface area contributed by atoms with Crippen molar-refractivity contribution in [3.05, 3.63) is 53.2 Å². The first-order valence-corrected chi connectivity index (χ1v) is 7.98. The Hall–Kier alpha value is -2.96. The molecule has 0 saturated carbocycles. The molecular formula is C19H19FO6. The summed E-state index contributed by atoms with van der Waals surface area (Å²) in [5.74, 6) is -2.26. The molecule has 0 unspecified atom stereocenters. The molecular weight excluding hydrogens is 343 g/mol. The second kappa shape index (κ2) is 8.42. The Balaban J connectivity index is 2.12. The van der Waals surface area contributed by atoms with Crippen LogP contribution in [0.5, 0.6) is 5.75 Å². The Labute approximate surface area is 149 Å². The first-order valence-electron chi connectivity index (χ1n) is 7.98. The summed E-state index contributed by atoms with van der Waals surface area (Å²) in [6, 6.07) is 7.19. The highest BCUT2D eigenvalue weighted by Gasteiger charge is 2.21. The van der Waals surface area contributed by atoms with E-state index in [2.05, 4.69) is 4.74 Å². The average molecular weight is 362 g/mol. The van der Waals surface area contributed by atoms with Gasteiger partial charge in [0, 0.05) is 18.1 Å². The van der Waals surface area contributed by atoms with E-state index in [0.717, 1.165) is 7.11 Å². The minimum absolute atomic E-state index is 0.0364. The minimum atomic E-state index is -1.08. The first-order chi connectivity index (χ1) is 12.3. The van der Waals surface area contributed by atoms with Gasteiger partial charge in [-0.2, -0.15) is 0 Å². The number of benzene rings is 1. The largest absolute Gasteiger partial charge is 0.491 e. The number of carbonyl (C=O) groups is 3. The van der Waals surface area contributed by atoms with Crippen molar-refractivity contribution in [1.82, 2.24) is 0 Å². The van der Waals surface area contributed by atoms with Gasteiger partial charge in [0.25, 0.3) is 0 Å². The van der Waals surface area contributed by atoms with Crippen molar-refractivity contribution < 1.29 is 32.7 Å². The summed E-state index contributed by atoms with van der Waals surface area (Å²) in [6.45, 7) is 3.66. The Kier molecular flexibility index (Phi) is 6.27. The Morgan fingerprint density at radius 3 is 2.54 bits per heavy atom. The van der Waals surface area contributed by atoms with Crippen LogP contribution in [-0.4, -0.2) is 30.7 Å². The summed E-state index contributed by atoms with van der Waals surface area (Å²) in [5, 5.41) is 0. The maximum Gasteiger partial charge on any atom is 0.374 e. The molecule has 0 bridgehead atoms. The van der Waals surface area contributed by atoms with Crippen LogP contribution in [0.1, 0.15) is 42.1 Å². The van der Waals surface area contributed by atoms with Crippen LogP contribution in [0.25, 0.3) is 0 Å². The highest BCUT2D eigenvalue weighted by molar-refractivity contribution is 6.37. The molecule has 0 aliphatic rings. The van der Waals surface area contributed by atoms with Crippen molar-refractivity contribution >= 4 is 17.5 Å². The van der Waals surface area contributed by atoms with Crippen LogP contribution < -0.4 is 4.74 Å². The van der Waals surface area contributed by atoms with Crippen molar-refractivity contribution in [1.29, 1.82) is 0 Å². The van der Waals surface area contributed by atoms with E-state index >= 15 is 0 Å². The van der Waals surface area contributed by atoms with Gasteiger partial charge in [-0.1, -0.05) is 6.07 Å². The van der Waals surface area contributed by atoms with Crippen molar-refractivity contribution in [3.63, 3.8) is 0 Å². The van der Waals surface area contributed by atoms with E-state index < -0.39 is 29.8 Å². The van der Waals surface area contributed by atoms with Gasteiger partial charge in [-0.25, -0.2) is 9.18 Å². The predicted molar refractivity (Wildman–Crippen MR) is 89.6 cm³/mol. The van der Waals surface area contributed by atoms with Crippen LogP contribution in [0.2, 0.25) is 0 Å². The van der Waals surface area contributed by atoms with Crippen LogP contribution >= 0.6 is 0 Å². The minimum Gasteiger partial charge on any atom is -0.491 e. The average Bonchev–Trinajstić information content (AvgIpc) is 3.04. The summed E-state index contributed by atoms with van der Waals surface area (Å²) in [5.41, 5.74) is 0.694. The molecule has 0 fully saturated rings. The maximum absolute atomic E-state index is 13.4. The zero-order valence-electron chi connectivity index (χ0n) is 14.7. The molecule has 0 saturated heterocycles. The molecule has 0 amide bonds. The second-order valence-corrected chi connectivity index (χ2v) is 5.88. The highest BCUT2D eigenvalue weighted by Crippen LogP contribution is 2.25. The first kappa shape index (κ1) is 19.4. The van der Waals surface area contributed by atoms with Gasteiger partial charge in [-0.3, -0.25) is 9.59 Å². The number of hydrogen-bond donors (Lipinski definition) is 0. The van der Waals surface area contributed by atoms with Gasteiger partial charge in [0.05, 0.1) is 19.6 Å². The van der Waals surface area contributed by atoms with Gasteiger partial charge >= 0.3 is 5.97 Å². The molecule has 0 radical (unpaired) electrons. The lowest BCUT2D eigenvalue weighted by Crippen LogP contribution is -2.19. The Morgan fingerprint density at radius 1 is 1.15 bits per heavy atom. The molecule has 0 aliphatic carbocycles. The van der Waals surface area contributed by atoms with E-state index in [4.69, 9.17) is 9.15 Å². The van der Waals surface area contributed by atoms with E-state index in [1.807, 2.05) is 13.8 Å². The van der Waals surface area contributed by atoms with E-state index in [1.54, 1.807) is 12.1 Å². The van der Waals surface area contributed by atoms with Gasteiger partial charge in [0.15, 0.2) is 5.76 Å². The van der Waals surface area contributed by atoms with E-state index in [0.29, 0.717) is 17.1 Å². The molecule has 6 nitrogen and oxygen atoms in total. The van der Waals surface area contributed by atoms with Crippen molar-refractivity contribution in [3.8, 4) is 5.75 Å². The molecule has 1 aromatic heterocycles. The summed E-state index contributed by atoms with van der Waals surface area (Å²) in [7, 11) is 1.06. The number of ether oxygens (including phenoxy) is 2. The molecule has 26 heavy (non-hydrogen) atoms. The van der Waals surface area contributed by atoms with Crippen LogP contribution in [0.4, 0.5) is 4.39 Å². The molecule has 2 aromatic rings. The number of rotatable bonds is 8. The third kappa shape index (κ3) is 5.02. The summed E-state index contributed by atoms with van der Waals surface area (Å²) >= 11 is 0. The Morgan fingerprint density at radius 2 is 1.88 bits per heavy atom. The molecule has 1 aromatic carbocycles. The normalized spacial score (nSPS) is 10.7. The number of furan rings is 1.